The number of rotatable bonds is 4. The summed E-state index contributed by atoms with van der Waals surface area (Å²) in [6.45, 7) is 5.66. The number of amides is 1. The van der Waals surface area contributed by atoms with Gasteiger partial charge in [0.05, 0.1) is 10.8 Å². The molecule has 1 aliphatic rings. The molecule has 0 aliphatic heterocycles. The van der Waals surface area contributed by atoms with Gasteiger partial charge in [-0.2, -0.15) is 0 Å². The minimum absolute atomic E-state index is 0.00279. The van der Waals surface area contributed by atoms with Gasteiger partial charge in [-0.1, -0.05) is 37.0 Å². The number of aryl methyl sites for hydroxylation is 1. The second kappa shape index (κ2) is 5.89. The highest BCUT2D eigenvalue weighted by molar-refractivity contribution is 6.55. The topological polar surface area (TPSA) is 72.2 Å². The number of non-ortho nitro benzene ring substituents is 1. The van der Waals surface area contributed by atoms with Crippen LogP contribution in [0, 0.1) is 34.3 Å². The molecule has 0 unspecified atom stereocenters. The Kier molecular flexibility index (Phi) is 4.49. The first kappa shape index (κ1) is 16.8. The van der Waals surface area contributed by atoms with Crippen molar-refractivity contribution in [3.8, 4) is 0 Å². The first-order chi connectivity index (χ1) is 10.1. The predicted molar refractivity (Wildman–Crippen MR) is 87.0 cm³/mol. The zero-order valence-electron chi connectivity index (χ0n) is 12.4. The Morgan fingerprint density at radius 2 is 2.05 bits per heavy atom. The van der Waals surface area contributed by atoms with Crippen LogP contribution in [0.3, 0.4) is 0 Å². The van der Waals surface area contributed by atoms with Crippen LogP contribution in [0.2, 0.25) is 0 Å². The fourth-order valence-corrected chi connectivity index (χ4v) is 3.01. The molecular weight excluding hydrogens is 327 g/mol. The van der Waals surface area contributed by atoms with Crippen LogP contribution in [0.1, 0.15) is 19.4 Å². The number of nitro groups is 1. The van der Waals surface area contributed by atoms with E-state index in [0.29, 0.717) is 11.3 Å². The zero-order chi connectivity index (χ0) is 16.7. The van der Waals surface area contributed by atoms with E-state index < -0.39 is 4.92 Å². The second-order valence-corrected chi connectivity index (χ2v) is 7.03. The number of hydrogen-bond donors (Lipinski definition) is 1. The Labute approximate surface area is 138 Å². The highest BCUT2D eigenvalue weighted by atomic mass is 35.5. The minimum Gasteiger partial charge on any atom is -0.326 e. The van der Waals surface area contributed by atoms with Crippen molar-refractivity contribution in [2.24, 2.45) is 17.3 Å². The molecule has 0 bridgehead atoms. The van der Waals surface area contributed by atoms with Gasteiger partial charge in [0.25, 0.3) is 5.69 Å². The summed E-state index contributed by atoms with van der Waals surface area (Å²) in [4.78, 5) is 22.6. The molecule has 5 nitrogen and oxygen atoms in total. The lowest BCUT2D eigenvalue weighted by Gasteiger charge is -2.09. The molecular formula is C15H16Cl2N2O3. The Morgan fingerprint density at radius 1 is 1.41 bits per heavy atom. The average molecular weight is 343 g/mol. The molecule has 0 heterocycles. The number of carbonyl (C=O) groups is 1. The number of nitro benzene ring substituents is 1. The van der Waals surface area contributed by atoms with Crippen molar-refractivity contribution in [2.75, 3.05) is 5.32 Å². The molecule has 1 N–H and O–H groups in total. The summed E-state index contributed by atoms with van der Waals surface area (Å²) >= 11 is 11.3. The smallest absolute Gasteiger partial charge is 0.269 e. The van der Waals surface area contributed by atoms with Crippen molar-refractivity contribution >= 4 is 40.5 Å². The van der Waals surface area contributed by atoms with Gasteiger partial charge in [-0.25, -0.2) is 0 Å². The molecule has 0 radical (unpaired) electrons. The quantitative estimate of drug-likeness (QED) is 0.649. The monoisotopic (exact) mass is 342 g/mol. The number of anilines is 1. The normalized spacial score (nSPS) is 21.9. The third kappa shape index (κ3) is 3.25. The SMILES string of the molecule is Cc1cc([N+](=O)[O-])ccc1NC(=O)[C@H]1[C@@H](C=C(Cl)Cl)C1(C)C. The van der Waals surface area contributed by atoms with Gasteiger partial charge in [0, 0.05) is 17.8 Å². The number of hydrogen-bond acceptors (Lipinski definition) is 3. The van der Waals surface area contributed by atoms with Crippen molar-refractivity contribution in [1.29, 1.82) is 0 Å². The molecule has 0 aromatic heterocycles. The number of nitrogens with one attached hydrogen (secondary N) is 1. The third-order valence-corrected chi connectivity index (χ3v) is 4.43. The summed E-state index contributed by atoms with van der Waals surface area (Å²) in [6.07, 6.45) is 1.68. The summed E-state index contributed by atoms with van der Waals surface area (Å²) in [5.41, 5.74) is 0.992. The van der Waals surface area contributed by atoms with Gasteiger partial charge in [0.1, 0.15) is 4.49 Å². The average Bonchev–Trinajstić information content (AvgIpc) is 2.92. The van der Waals surface area contributed by atoms with Crippen molar-refractivity contribution in [3.05, 3.63) is 44.4 Å². The molecule has 0 saturated heterocycles. The van der Waals surface area contributed by atoms with Crippen LogP contribution in [0.4, 0.5) is 11.4 Å². The molecule has 2 rings (SSSR count). The van der Waals surface area contributed by atoms with Gasteiger partial charge in [0.2, 0.25) is 5.91 Å². The molecule has 22 heavy (non-hydrogen) atoms. The molecule has 1 aromatic carbocycles. The van der Waals surface area contributed by atoms with Crippen LogP contribution < -0.4 is 5.32 Å². The van der Waals surface area contributed by atoms with E-state index in [-0.39, 0.29) is 33.3 Å². The van der Waals surface area contributed by atoms with Gasteiger partial charge >= 0.3 is 0 Å². The van der Waals surface area contributed by atoms with Crippen molar-refractivity contribution in [1.82, 2.24) is 0 Å². The van der Waals surface area contributed by atoms with Gasteiger partial charge in [-0.15, -0.1) is 0 Å². The third-order valence-electron chi connectivity index (χ3n) is 4.18. The highest BCUT2D eigenvalue weighted by Gasteiger charge is 2.60. The van der Waals surface area contributed by atoms with E-state index in [1.54, 1.807) is 19.1 Å². The lowest BCUT2D eigenvalue weighted by atomic mass is 10.1. The van der Waals surface area contributed by atoms with Crippen molar-refractivity contribution in [2.45, 2.75) is 20.8 Å². The number of allylic oxidation sites excluding steroid dienone is 1. The van der Waals surface area contributed by atoms with Crippen LogP contribution in [0.25, 0.3) is 0 Å². The summed E-state index contributed by atoms with van der Waals surface area (Å²) in [7, 11) is 0. The van der Waals surface area contributed by atoms with E-state index in [9.17, 15) is 14.9 Å². The lowest BCUT2D eigenvalue weighted by molar-refractivity contribution is -0.384. The minimum atomic E-state index is -0.466. The van der Waals surface area contributed by atoms with E-state index in [1.165, 1.54) is 12.1 Å². The summed E-state index contributed by atoms with van der Waals surface area (Å²) in [6, 6.07) is 4.34. The summed E-state index contributed by atoms with van der Waals surface area (Å²) < 4.78 is 0.153. The first-order valence-electron chi connectivity index (χ1n) is 6.73. The predicted octanol–water partition coefficient (Wildman–Crippen LogP) is 4.43. The number of benzene rings is 1. The van der Waals surface area contributed by atoms with Crippen LogP contribution in [-0.2, 0) is 4.79 Å². The fourth-order valence-electron chi connectivity index (χ4n) is 2.74. The van der Waals surface area contributed by atoms with Crippen molar-refractivity contribution in [3.63, 3.8) is 0 Å². The second-order valence-electron chi connectivity index (χ2n) is 6.03. The highest BCUT2D eigenvalue weighted by Crippen LogP contribution is 2.60. The molecule has 118 valence electrons. The Morgan fingerprint density at radius 3 is 2.55 bits per heavy atom. The molecule has 2 atom stereocenters. The Hall–Kier alpha value is -1.59. The maximum Gasteiger partial charge on any atom is 0.269 e. The zero-order valence-corrected chi connectivity index (χ0v) is 13.9. The van der Waals surface area contributed by atoms with Crippen LogP contribution >= 0.6 is 23.2 Å². The van der Waals surface area contributed by atoms with Gasteiger partial charge in [-0.05, 0) is 36.0 Å². The van der Waals surface area contributed by atoms with Crippen LogP contribution in [-0.4, -0.2) is 10.8 Å². The van der Waals surface area contributed by atoms with E-state index in [0.717, 1.165) is 0 Å². The van der Waals surface area contributed by atoms with Gasteiger partial charge in [0.15, 0.2) is 0 Å². The molecule has 0 spiro atoms. The van der Waals surface area contributed by atoms with Gasteiger partial charge < -0.3 is 5.32 Å². The molecule has 1 amide bonds. The number of halogens is 2. The van der Waals surface area contributed by atoms with E-state index in [4.69, 9.17) is 23.2 Å². The molecule has 7 heteroatoms. The first-order valence-corrected chi connectivity index (χ1v) is 7.49. The Bertz CT molecular complexity index is 667. The summed E-state index contributed by atoms with van der Waals surface area (Å²) in [5.74, 6) is -0.386. The standard InChI is InChI=1S/C15H16Cl2N2O3/c1-8-6-9(19(21)22)4-5-11(8)18-14(20)13-10(7-12(16)17)15(13,2)3/h4-7,10,13H,1-3H3,(H,18,20)/t10-,13-/m1/s1. The Balaban J connectivity index is 2.14. The molecule has 1 fully saturated rings. The van der Waals surface area contributed by atoms with E-state index >= 15 is 0 Å². The summed E-state index contributed by atoms with van der Waals surface area (Å²) in [5, 5.41) is 13.5. The maximum absolute atomic E-state index is 12.4. The largest absolute Gasteiger partial charge is 0.326 e. The molecule has 1 aromatic rings. The number of carbonyl (C=O) groups excluding carboxylic acids is 1. The van der Waals surface area contributed by atoms with Gasteiger partial charge in [-0.3, -0.25) is 14.9 Å². The van der Waals surface area contributed by atoms with Crippen molar-refractivity contribution < 1.29 is 9.72 Å². The van der Waals surface area contributed by atoms with E-state index in [1.807, 2.05) is 13.8 Å². The van der Waals surface area contributed by atoms with Crippen LogP contribution in [0.15, 0.2) is 28.8 Å². The number of nitrogens with zero attached hydrogens (tertiary/aromatic N) is 1. The van der Waals surface area contributed by atoms with Crippen LogP contribution in [0.5, 0.6) is 0 Å². The van der Waals surface area contributed by atoms with E-state index in [2.05, 4.69) is 5.32 Å². The molecule has 1 aliphatic carbocycles. The lowest BCUT2D eigenvalue weighted by Crippen LogP contribution is -2.17. The maximum atomic E-state index is 12.4. The fraction of sp³-hybridized carbons (Fsp3) is 0.400. The molecule has 1 saturated carbocycles.